The Morgan fingerprint density at radius 3 is 2.82 bits per heavy atom. The second-order valence-corrected chi connectivity index (χ2v) is 5.39. The van der Waals surface area contributed by atoms with Gasteiger partial charge in [-0.3, -0.25) is 0 Å². The molecular weight excluding hydrogens is 208 g/mol. The Morgan fingerprint density at radius 1 is 1.29 bits per heavy atom. The summed E-state index contributed by atoms with van der Waals surface area (Å²) in [6, 6.07) is 4.85. The van der Waals surface area contributed by atoms with Crippen molar-refractivity contribution in [2.75, 3.05) is 0 Å². The van der Waals surface area contributed by atoms with Gasteiger partial charge < -0.3 is 10.3 Å². The predicted octanol–water partition coefficient (Wildman–Crippen LogP) is 2.61. The van der Waals surface area contributed by atoms with Crippen molar-refractivity contribution in [3.63, 3.8) is 0 Å². The van der Waals surface area contributed by atoms with Crippen LogP contribution in [-0.4, -0.2) is 10.6 Å². The number of benzene rings is 1. The topological polar surface area (TPSA) is 30.9 Å². The number of hydrogen-bond acceptors (Lipinski definition) is 1. The first-order chi connectivity index (χ1) is 8.09. The molecule has 1 aliphatic rings. The molecule has 3 rings (SSSR count). The summed E-state index contributed by atoms with van der Waals surface area (Å²) in [7, 11) is 2.20. The molecule has 1 aromatic carbocycles. The second-order valence-electron chi connectivity index (χ2n) is 5.39. The van der Waals surface area contributed by atoms with E-state index < -0.39 is 0 Å². The van der Waals surface area contributed by atoms with Gasteiger partial charge in [0.25, 0.3) is 0 Å². The van der Waals surface area contributed by atoms with Gasteiger partial charge in [0.1, 0.15) is 0 Å². The van der Waals surface area contributed by atoms with Crippen LogP contribution in [0, 0.1) is 13.8 Å². The molecule has 0 amide bonds. The van der Waals surface area contributed by atoms with Gasteiger partial charge in [-0.2, -0.15) is 0 Å². The first-order valence-corrected chi connectivity index (χ1v) is 6.41. The Kier molecular flexibility index (Phi) is 2.30. The first-order valence-electron chi connectivity index (χ1n) is 6.41. The van der Waals surface area contributed by atoms with Crippen molar-refractivity contribution in [1.82, 2.24) is 4.57 Å². The number of rotatable bonds is 0. The van der Waals surface area contributed by atoms with Crippen molar-refractivity contribution >= 4 is 10.9 Å². The third kappa shape index (κ3) is 1.44. The maximum absolute atomic E-state index is 6.11. The zero-order valence-electron chi connectivity index (χ0n) is 10.9. The van der Waals surface area contributed by atoms with Crippen LogP contribution in [0.4, 0.5) is 0 Å². The summed E-state index contributed by atoms with van der Waals surface area (Å²) in [6.45, 7) is 4.41. The molecule has 2 N–H and O–H groups in total. The summed E-state index contributed by atoms with van der Waals surface area (Å²) >= 11 is 0. The lowest BCUT2D eigenvalue weighted by Gasteiger charge is -2.19. The highest BCUT2D eigenvalue weighted by molar-refractivity contribution is 5.89. The number of nitrogens with zero attached hydrogens (tertiary/aromatic N) is 1. The fourth-order valence-electron chi connectivity index (χ4n) is 3.20. The zero-order valence-corrected chi connectivity index (χ0v) is 10.9. The van der Waals surface area contributed by atoms with Crippen LogP contribution in [0.1, 0.15) is 28.8 Å². The van der Waals surface area contributed by atoms with E-state index in [9.17, 15) is 0 Å². The molecule has 2 aromatic rings. The second kappa shape index (κ2) is 3.61. The van der Waals surface area contributed by atoms with Gasteiger partial charge in [-0.15, -0.1) is 0 Å². The number of fused-ring (bicyclic) bond motifs is 3. The van der Waals surface area contributed by atoms with Gasteiger partial charge in [-0.1, -0.05) is 12.1 Å². The minimum atomic E-state index is 0.342. The van der Waals surface area contributed by atoms with Crippen LogP contribution in [0.2, 0.25) is 0 Å². The lowest BCUT2D eigenvalue weighted by molar-refractivity contribution is 0.562. The van der Waals surface area contributed by atoms with Crippen molar-refractivity contribution < 1.29 is 0 Å². The quantitative estimate of drug-likeness (QED) is 0.738. The van der Waals surface area contributed by atoms with Gasteiger partial charge >= 0.3 is 0 Å². The predicted molar refractivity (Wildman–Crippen MR) is 72.4 cm³/mol. The highest BCUT2D eigenvalue weighted by Crippen LogP contribution is 2.33. The van der Waals surface area contributed by atoms with Crippen LogP contribution in [0.3, 0.4) is 0 Å². The lowest BCUT2D eigenvalue weighted by atomic mass is 9.91. The largest absolute Gasteiger partial charge is 0.347 e. The molecule has 1 unspecified atom stereocenters. The number of aryl methyl sites for hydroxylation is 3. The summed E-state index contributed by atoms with van der Waals surface area (Å²) < 4.78 is 2.39. The van der Waals surface area contributed by atoms with E-state index in [0.717, 1.165) is 19.3 Å². The third-order valence-electron chi connectivity index (χ3n) is 4.33. The van der Waals surface area contributed by atoms with Crippen LogP contribution in [0.25, 0.3) is 10.9 Å². The average Bonchev–Trinajstić information content (AvgIpc) is 2.58. The fraction of sp³-hybridized carbons (Fsp3) is 0.467. The van der Waals surface area contributed by atoms with Crippen molar-refractivity contribution in [2.45, 2.75) is 39.2 Å². The molecule has 90 valence electrons. The van der Waals surface area contributed by atoms with E-state index in [2.05, 4.69) is 37.6 Å². The van der Waals surface area contributed by atoms with Crippen molar-refractivity contribution in [2.24, 2.45) is 12.8 Å². The van der Waals surface area contributed by atoms with Crippen LogP contribution < -0.4 is 5.73 Å². The Bertz CT molecular complexity index is 593. The van der Waals surface area contributed by atoms with Gasteiger partial charge in [0.2, 0.25) is 0 Å². The SMILES string of the molecule is Cc1ccc2c3c(n(C)c2c1C)CCC(N)C3. The fourth-order valence-corrected chi connectivity index (χ4v) is 3.20. The van der Waals surface area contributed by atoms with Gasteiger partial charge in [0.05, 0.1) is 5.52 Å². The first kappa shape index (κ1) is 10.8. The minimum Gasteiger partial charge on any atom is -0.347 e. The number of hydrogen-bond donors (Lipinski definition) is 1. The molecule has 0 fully saturated rings. The van der Waals surface area contributed by atoms with Crippen molar-refractivity contribution in [3.05, 3.63) is 34.5 Å². The van der Waals surface area contributed by atoms with Gasteiger partial charge in [-0.05, 0) is 49.8 Å². The van der Waals surface area contributed by atoms with Crippen molar-refractivity contribution in [1.29, 1.82) is 0 Å². The van der Waals surface area contributed by atoms with Crippen molar-refractivity contribution in [3.8, 4) is 0 Å². The number of aromatic nitrogens is 1. The standard InChI is InChI=1S/C15H20N2/c1-9-4-6-12-13-8-11(16)5-7-14(13)17(3)15(12)10(9)2/h4,6,11H,5,7-8,16H2,1-3H3. The van der Waals surface area contributed by atoms with E-state index in [1.807, 2.05) is 0 Å². The average molecular weight is 228 g/mol. The molecule has 2 heteroatoms. The molecule has 0 aliphatic heterocycles. The summed E-state index contributed by atoms with van der Waals surface area (Å²) in [5, 5.41) is 1.42. The molecule has 2 nitrogen and oxygen atoms in total. The molecule has 1 heterocycles. The highest BCUT2D eigenvalue weighted by atomic mass is 15.0. The molecule has 0 spiro atoms. The van der Waals surface area contributed by atoms with E-state index >= 15 is 0 Å². The van der Waals surface area contributed by atoms with Gasteiger partial charge in [0.15, 0.2) is 0 Å². The molecule has 0 saturated heterocycles. The van der Waals surface area contributed by atoms with E-state index in [4.69, 9.17) is 5.73 Å². The van der Waals surface area contributed by atoms with E-state index in [0.29, 0.717) is 6.04 Å². The van der Waals surface area contributed by atoms with E-state index in [-0.39, 0.29) is 0 Å². The van der Waals surface area contributed by atoms with E-state index in [1.165, 1.54) is 33.3 Å². The Hall–Kier alpha value is -1.28. The molecule has 1 atom stereocenters. The maximum Gasteiger partial charge on any atom is 0.0515 e. The summed E-state index contributed by atoms with van der Waals surface area (Å²) in [4.78, 5) is 0. The zero-order chi connectivity index (χ0) is 12.2. The summed E-state index contributed by atoms with van der Waals surface area (Å²) in [5.41, 5.74) is 13.3. The molecule has 1 aliphatic carbocycles. The maximum atomic E-state index is 6.11. The third-order valence-corrected chi connectivity index (χ3v) is 4.33. The van der Waals surface area contributed by atoms with Gasteiger partial charge in [-0.25, -0.2) is 0 Å². The molecule has 1 aromatic heterocycles. The van der Waals surface area contributed by atoms with Crippen LogP contribution >= 0.6 is 0 Å². The molecular formula is C15H20N2. The summed E-state index contributed by atoms with van der Waals surface area (Å²) in [5.74, 6) is 0. The van der Waals surface area contributed by atoms with Gasteiger partial charge in [0, 0.05) is 24.2 Å². The normalized spacial score (nSPS) is 19.6. The Morgan fingerprint density at radius 2 is 2.06 bits per heavy atom. The Labute approximate surface area is 102 Å². The van der Waals surface area contributed by atoms with Crippen LogP contribution in [-0.2, 0) is 19.9 Å². The molecule has 0 radical (unpaired) electrons. The minimum absolute atomic E-state index is 0.342. The monoisotopic (exact) mass is 228 g/mol. The molecule has 0 saturated carbocycles. The Balaban J connectivity index is 2.38. The lowest BCUT2D eigenvalue weighted by Crippen LogP contribution is -2.28. The molecule has 17 heavy (non-hydrogen) atoms. The smallest absolute Gasteiger partial charge is 0.0515 e. The number of nitrogens with two attached hydrogens (primary N) is 1. The molecule has 0 bridgehead atoms. The van der Waals surface area contributed by atoms with Crippen LogP contribution in [0.5, 0.6) is 0 Å². The van der Waals surface area contributed by atoms with Crippen LogP contribution in [0.15, 0.2) is 12.1 Å². The van der Waals surface area contributed by atoms with E-state index in [1.54, 1.807) is 0 Å². The highest BCUT2D eigenvalue weighted by Gasteiger charge is 2.23. The summed E-state index contributed by atoms with van der Waals surface area (Å²) in [6.07, 6.45) is 3.28.